The zero-order chi connectivity index (χ0) is 6.53. The molecule has 0 fully saturated rings. The first-order valence-corrected chi connectivity index (χ1v) is 3.80. The molecule has 2 N–H and O–H groups in total. The van der Waals surface area contributed by atoms with E-state index in [1.165, 1.54) is 32.1 Å². The van der Waals surface area contributed by atoms with E-state index in [0.717, 1.165) is 0 Å². The molecule has 0 saturated heterocycles. The van der Waals surface area contributed by atoms with Gasteiger partial charge in [-0.05, 0) is 32.1 Å². The van der Waals surface area contributed by atoms with Crippen molar-refractivity contribution in [3.05, 3.63) is 12.2 Å². The maximum atomic E-state index is 5.77. The van der Waals surface area contributed by atoms with Gasteiger partial charge in [0, 0.05) is 6.04 Å². The van der Waals surface area contributed by atoms with Crippen LogP contribution in [0, 0.1) is 0 Å². The smallest absolute Gasteiger partial charge is 0.00418 e. The molecule has 0 radical (unpaired) electrons. The first-order valence-electron chi connectivity index (χ1n) is 3.80. The summed E-state index contributed by atoms with van der Waals surface area (Å²) in [6.45, 7) is 0. The highest BCUT2D eigenvalue weighted by Crippen LogP contribution is 2.09. The third-order valence-electron chi connectivity index (χ3n) is 1.82. The first kappa shape index (κ1) is 6.81. The van der Waals surface area contributed by atoms with Crippen molar-refractivity contribution >= 4 is 0 Å². The van der Waals surface area contributed by atoms with Gasteiger partial charge in [-0.15, -0.1) is 0 Å². The molecule has 0 saturated carbocycles. The number of nitrogens with two attached hydrogens (primary N) is 1. The van der Waals surface area contributed by atoms with Crippen LogP contribution in [0.4, 0.5) is 0 Å². The molecule has 0 aromatic carbocycles. The second kappa shape index (κ2) is 3.67. The highest BCUT2D eigenvalue weighted by molar-refractivity contribution is 4.85. The lowest BCUT2D eigenvalue weighted by atomic mass is 10.0. The molecule has 0 amide bonds. The lowest BCUT2D eigenvalue weighted by Gasteiger charge is -2.10. The zero-order valence-electron chi connectivity index (χ0n) is 5.84. The van der Waals surface area contributed by atoms with Crippen molar-refractivity contribution in [2.75, 3.05) is 0 Å². The van der Waals surface area contributed by atoms with Crippen LogP contribution in [0.3, 0.4) is 0 Å². The Morgan fingerprint density at radius 3 is 2.78 bits per heavy atom. The van der Waals surface area contributed by atoms with Crippen LogP contribution >= 0.6 is 0 Å². The van der Waals surface area contributed by atoms with E-state index >= 15 is 0 Å². The van der Waals surface area contributed by atoms with Gasteiger partial charge in [-0.2, -0.15) is 0 Å². The molecule has 0 spiro atoms. The molecule has 0 aromatic heterocycles. The van der Waals surface area contributed by atoms with E-state index in [1.54, 1.807) is 0 Å². The molecular weight excluding hydrogens is 110 g/mol. The van der Waals surface area contributed by atoms with E-state index in [9.17, 15) is 0 Å². The third kappa shape index (κ3) is 2.66. The Bertz CT molecular complexity index is 96.7. The van der Waals surface area contributed by atoms with Crippen molar-refractivity contribution < 1.29 is 0 Å². The normalized spacial score (nSPS) is 29.2. The van der Waals surface area contributed by atoms with Crippen LogP contribution in [-0.2, 0) is 0 Å². The van der Waals surface area contributed by atoms with Crippen LogP contribution in [-0.4, -0.2) is 6.04 Å². The summed E-state index contributed by atoms with van der Waals surface area (Å²) >= 11 is 0. The predicted molar refractivity (Wildman–Crippen MR) is 40.2 cm³/mol. The van der Waals surface area contributed by atoms with E-state index in [2.05, 4.69) is 12.2 Å². The monoisotopic (exact) mass is 125 g/mol. The van der Waals surface area contributed by atoms with Gasteiger partial charge >= 0.3 is 0 Å². The van der Waals surface area contributed by atoms with E-state index in [1.807, 2.05) is 0 Å². The highest BCUT2D eigenvalue weighted by atomic mass is 14.6. The van der Waals surface area contributed by atoms with Gasteiger partial charge in [0.2, 0.25) is 0 Å². The molecule has 1 atom stereocenters. The molecule has 1 heteroatoms. The van der Waals surface area contributed by atoms with Gasteiger partial charge in [0.05, 0.1) is 0 Å². The number of rotatable bonds is 0. The summed E-state index contributed by atoms with van der Waals surface area (Å²) in [5.74, 6) is 0. The third-order valence-corrected chi connectivity index (χ3v) is 1.82. The average molecular weight is 125 g/mol. The largest absolute Gasteiger partial charge is 0.328 e. The molecule has 0 bridgehead atoms. The van der Waals surface area contributed by atoms with Gasteiger partial charge in [0.1, 0.15) is 0 Å². The van der Waals surface area contributed by atoms with Crippen molar-refractivity contribution in [1.82, 2.24) is 0 Å². The standard InChI is InChI=1S/C8H15N/c9-8-6-4-2-1-3-5-7-8/h1-2,8H,3-7,9H2. The molecule has 0 aliphatic heterocycles. The Labute approximate surface area is 56.9 Å². The Hall–Kier alpha value is -0.300. The molecule has 0 heterocycles. The summed E-state index contributed by atoms with van der Waals surface area (Å²) in [5.41, 5.74) is 5.77. The Morgan fingerprint density at radius 2 is 1.89 bits per heavy atom. The second-order valence-electron chi connectivity index (χ2n) is 2.74. The molecule has 1 aliphatic rings. The van der Waals surface area contributed by atoms with Crippen LogP contribution in [0.15, 0.2) is 12.2 Å². The maximum Gasteiger partial charge on any atom is 0.00418 e. The highest BCUT2D eigenvalue weighted by Gasteiger charge is 2.01. The molecule has 1 aliphatic carbocycles. The summed E-state index contributed by atoms with van der Waals surface area (Å²) in [6.07, 6.45) is 10.6. The molecular formula is C8H15N. The minimum Gasteiger partial charge on any atom is -0.328 e. The van der Waals surface area contributed by atoms with Gasteiger partial charge in [-0.3, -0.25) is 0 Å². The first-order chi connectivity index (χ1) is 4.39. The Morgan fingerprint density at radius 1 is 1.11 bits per heavy atom. The van der Waals surface area contributed by atoms with Gasteiger partial charge in [-0.25, -0.2) is 0 Å². The van der Waals surface area contributed by atoms with Crippen molar-refractivity contribution in [3.8, 4) is 0 Å². The Balaban J connectivity index is 2.27. The van der Waals surface area contributed by atoms with Crippen molar-refractivity contribution in [2.24, 2.45) is 5.73 Å². The number of hydrogen-bond acceptors (Lipinski definition) is 1. The second-order valence-corrected chi connectivity index (χ2v) is 2.74. The number of hydrogen-bond donors (Lipinski definition) is 1. The number of allylic oxidation sites excluding steroid dienone is 2. The molecule has 52 valence electrons. The molecule has 0 aromatic rings. The topological polar surface area (TPSA) is 26.0 Å². The van der Waals surface area contributed by atoms with Crippen LogP contribution in [0.25, 0.3) is 0 Å². The molecule has 9 heavy (non-hydrogen) atoms. The zero-order valence-corrected chi connectivity index (χ0v) is 5.84. The van der Waals surface area contributed by atoms with E-state index in [-0.39, 0.29) is 0 Å². The minimum atomic E-state index is 0.468. The summed E-state index contributed by atoms with van der Waals surface area (Å²) < 4.78 is 0. The minimum absolute atomic E-state index is 0.468. The molecule has 1 rings (SSSR count). The lowest BCUT2D eigenvalue weighted by molar-refractivity contribution is 0.544. The fourth-order valence-electron chi connectivity index (χ4n) is 1.19. The predicted octanol–water partition coefficient (Wildman–Crippen LogP) is 1.83. The quantitative estimate of drug-likeness (QED) is 0.491. The Kier molecular flexibility index (Phi) is 2.78. The lowest BCUT2D eigenvalue weighted by Crippen LogP contribution is -2.19. The van der Waals surface area contributed by atoms with Crippen LogP contribution in [0.1, 0.15) is 32.1 Å². The SMILES string of the molecule is NC1CCC=CCCC1. The summed E-state index contributed by atoms with van der Waals surface area (Å²) in [5, 5.41) is 0. The van der Waals surface area contributed by atoms with Crippen LogP contribution in [0.5, 0.6) is 0 Å². The summed E-state index contributed by atoms with van der Waals surface area (Å²) in [7, 11) is 0. The molecule has 1 nitrogen and oxygen atoms in total. The van der Waals surface area contributed by atoms with Gasteiger partial charge in [0.25, 0.3) is 0 Å². The van der Waals surface area contributed by atoms with Crippen molar-refractivity contribution in [3.63, 3.8) is 0 Å². The maximum absolute atomic E-state index is 5.77. The van der Waals surface area contributed by atoms with E-state index < -0.39 is 0 Å². The van der Waals surface area contributed by atoms with Crippen LogP contribution < -0.4 is 5.73 Å². The van der Waals surface area contributed by atoms with Crippen molar-refractivity contribution in [1.29, 1.82) is 0 Å². The van der Waals surface area contributed by atoms with Gasteiger partial charge < -0.3 is 5.73 Å². The fourth-order valence-corrected chi connectivity index (χ4v) is 1.19. The van der Waals surface area contributed by atoms with Crippen molar-refractivity contribution in [2.45, 2.75) is 38.1 Å². The van der Waals surface area contributed by atoms with Crippen LogP contribution in [0.2, 0.25) is 0 Å². The fraction of sp³-hybridized carbons (Fsp3) is 0.750. The van der Waals surface area contributed by atoms with E-state index in [4.69, 9.17) is 5.73 Å². The average Bonchev–Trinajstić information content (AvgIpc) is 1.79. The molecule has 1 unspecified atom stereocenters. The van der Waals surface area contributed by atoms with E-state index in [0.29, 0.717) is 6.04 Å². The summed E-state index contributed by atoms with van der Waals surface area (Å²) in [4.78, 5) is 0. The van der Waals surface area contributed by atoms with Gasteiger partial charge in [0.15, 0.2) is 0 Å². The summed E-state index contributed by atoms with van der Waals surface area (Å²) in [6, 6.07) is 0.468. The van der Waals surface area contributed by atoms with Gasteiger partial charge in [-0.1, -0.05) is 12.2 Å².